The molecule has 0 aliphatic heterocycles. The summed E-state index contributed by atoms with van der Waals surface area (Å²) < 4.78 is 4.64. The van der Waals surface area contributed by atoms with Gasteiger partial charge < -0.3 is 10.1 Å². The molecule has 0 fully saturated rings. The molecule has 0 amide bonds. The van der Waals surface area contributed by atoms with Crippen molar-refractivity contribution in [2.24, 2.45) is 0 Å². The van der Waals surface area contributed by atoms with Crippen molar-refractivity contribution in [3.63, 3.8) is 0 Å². The number of thiophene rings is 1. The normalized spacial score (nSPS) is 9.95. The fourth-order valence-corrected chi connectivity index (χ4v) is 2.88. The van der Waals surface area contributed by atoms with Crippen molar-refractivity contribution in [1.29, 1.82) is 5.26 Å². The van der Waals surface area contributed by atoms with Crippen LogP contribution in [0.3, 0.4) is 0 Å². The SMILES string of the molecule is COC(=O)Cc1ccc(CNc2cc(Cl)ccc2C#N)s1. The number of carbonyl (C=O) groups is 1. The lowest BCUT2D eigenvalue weighted by Gasteiger charge is -2.07. The second kappa shape index (κ2) is 7.11. The summed E-state index contributed by atoms with van der Waals surface area (Å²) in [7, 11) is 1.38. The van der Waals surface area contributed by atoms with Crippen molar-refractivity contribution < 1.29 is 9.53 Å². The van der Waals surface area contributed by atoms with Gasteiger partial charge in [-0.1, -0.05) is 11.6 Å². The van der Waals surface area contributed by atoms with E-state index in [1.165, 1.54) is 18.4 Å². The number of benzene rings is 1. The van der Waals surface area contributed by atoms with Crippen LogP contribution in [0.5, 0.6) is 0 Å². The standard InChI is InChI=1S/C15H13ClN2O2S/c1-20-15(19)7-12-4-5-13(21-12)9-18-14-6-11(16)3-2-10(14)8-17/h2-6,18H,7,9H2,1H3. The first-order chi connectivity index (χ1) is 10.1. The Hall–Kier alpha value is -2.03. The highest BCUT2D eigenvalue weighted by molar-refractivity contribution is 7.12. The highest BCUT2D eigenvalue weighted by Gasteiger charge is 2.07. The Balaban J connectivity index is 2.02. The maximum Gasteiger partial charge on any atom is 0.310 e. The lowest BCUT2D eigenvalue weighted by Crippen LogP contribution is -2.02. The molecular formula is C15H13ClN2O2S. The summed E-state index contributed by atoms with van der Waals surface area (Å²) in [6.45, 7) is 0.570. The zero-order valence-corrected chi connectivity index (χ0v) is 12.9. The fourth-order valence-electron chi connectivity index (χ4n) is 1.77. The number of halogens is 1. The Labute approximate surface area is 131 Å². The highest BCUT2D eigenvalue weighted by Crippen LogP contribution is 2.23. The molecule has 0 saturated carbocycles. The van der Waals surface area contributed by atoms with E-state index in [2.05, 4.69) is 16.1 Å². The van der Waals surface area contributed by atoms with Crippen LogP contribution in [-0.4, -0.2) is 13.1 Å². The van der Waals surface area contributed by atoms with Gasteiger partial charge in [-0.2, -0.15) is 5.26 Å². The Morgan fingerprint density at radius 3 is 2.86 bits per heavy atom. The van der Waals surface area contributed by atoms with E-state index >= 15 is 0 Å². The predicted octanol–water partition coefficient (Wildman–Crippen LogP) is 3.60. The monoisotopic (exact) mass is 320 g/mol. The van der Waals surface area contributed by atoms with Crippen LogP contribution in [-0.2, 0) is 22.5 Å². The summed E-state index contributed by atoms with van der Waals surface area (Å²) >= 11 is 7.47. The second-order valence-electron chi connectivity index (χ2n) is 4.28. The van der Waals surface area contributed by atoms with Crippen LogP contribution in [0.1, 0.15) is 15.3 Å². The van der Waals surface area contributed by atoms with Gasteiger partial charge in [0.2, 0.25) is 0 Å². The third kappa shape index (κ3) is 4.22. The van der Waals surface area contributed by atoms with Gasteiger partial charge in [0.15, 0.2) is 0 Å². The molecule has 6 heteroatoms. The summed E-state index contributed by atoms with van der Waals surface area (Å²) in [5.41, 5.74) is 1.25. The average molecular weight is 321 g/mol. The molecule has 0 unspecified atom stereocenters. The summed E-state index contributed by atoms with van der Waals surface area (Å²) in [6.07, 6.45) is 0.280. The van der Waals surface area contributed by atoms with Crippen molar-refractivity contribution in [2.45, 2.75) is 13.0 Å². The lowest BCUT2D eigenvalue weighted by atomic mass is 10.2. The molecule has 1 aromatic carbocycles. The van der Waals surface area contributed by atoms with Crippen molar-refractivity contribution in [3.05, 3.63) is 50.7 Å². The van der Waals surface area contributed by atoms with Gasteiger partial charge in [-0.25, -0.2) is 0 Å². The van der Waals surface area contributed by atoms with Gasteiger partial charge in [0.25, 0.3) is 0 Å². The largest absolute Gasteiger partial charge is 0.469 e. The Kier molecular flexibility index (Phi) is 5.20. The van der Waals surface area contributed by atoms with Crippen molar-refractivity contribution in [3.8, 4) is 6.07 Å². The van der Waals surface area contributed by atoms with E-state index in [-0.39, 0.29) is 12.4 Å². The number of nitrogens with zero attached hydrogens (tertiary/aromatic N) is 1. The Bertz CT molecular complexity index is 691. The zero-order valence-electron chi connectivity index (χ0n) is 11.4. The number of methoxy groups -OCH3 is 1. The molecule has 1 aromatic heterocycles. The minimum absolute atomic E-state index is 0.252. The first-order valence-electron chi connectivity index (χ1n) is 6.20. The van der Waals surface area contributed by atoms with Crippen LogP contribution in [0.25, 0.3) is 0 Å². The van der Waals surface area contributed by atoms with E-state index in [1.807, 2.05) is 12.1 Å². The zero-order chi connectivity index (χ0) is 15.2. The fraction of sp³-hybridized carbons (Fsp3) is 0.200. The van der Waals surface area contributed by atoms with Crippen molar-refractivity contribution in [1.82, 2.24) is 0 Å². The first-order valence-corrected chi connectivity index (χ1v) is 7.39. The van der Waals surface area contributed by atoms with E-state index in [0.717, 1.165) is 9.75 Å². The molecule has 2 rings (SSSR count). The van der Waals surface area contributed by atoms with E-state index in [1.54, 1.807) is 18.2 Å². The van der Waals surface area contributed by atoms with Crippen LogP contribution >= 0.6 is 22.9 Å². The average Bonchev–Trinajstić information content (AvgIpc) is 2.92. The molecule has 1 N–H and O–H groups in total. The van der Waals surface area contributed by atoms with Crippen LogP contribution in [0.2, 0.25) is 5.02 Å². The molecule has 0 aliphatic rings. The van der Waals surface area contributed by atoms with Crippen LogP contribution in [0, 0.1) is 11.3 Å². The molecule has 0 bridgehead atoms. The predicted molar refractivity (Wildman–Crippen MR) is 83.5 cm³/mol. The summed E-state index contributed by atoms with van der Waals surface area (Å²) in [5.74, 6) is -0.252. The molecule has 0 spiro atoms. The number of carbonyl (C=O) groups excluding carboxylic acids is 1. The third-order valence-electron chi connectivity index (χ3n) is 2.82. The van der Waals surface area contributed by atoms with Gasteiger partial charge in [-0.3, -0.25) is 4.79 Å². The van der Waals surface area contributed by atoms with Gasteiger partial charge in [0.05, 0.1) is 24.8 Å². The number of esters is 1. The molecular weight excluding hydrogens is 308 g/mol. The molecule has 2 aromatic rings. The van der Waals surface area contributed by atoms with Gasteiger partial charge in [0, 0.05) is 21.3 Å². The number of hydrogen-bond donors (Lipinski definition) is 1. The van der Waals surface area contributed by atoms with E-state index < -0.39 is 0 Å². The maximum atomic E-state index is 11.2. The molecule has 0 aliphatic carbocycles. The number of nitriles is 1. The molecule has 0 saturated heterocycles. The molecule has 0 atom stereocenters. The summed E-state index contributed by atoms with van der Waals surface area (Å²) in [6, 6.07) is 11.1. The lowest BCUT2D eigenvalue weighted by molar-refractivity contribution is -0.139. The number of rotatable bonds is 5. The second-order valence-corrected chi connectivity index (χ2v) is 5.97. The molecule has 1 heterocycles. The van der Waals surface area contributed by atoms with Crippen LogP contribution in [0.15, 0.2) is 30.3 Å². The van der Waals surface area contributed by atoms with Gasteiger partial charge in [-0.15, -0.1) is 11.3 Å². The van der Waals surface area contributed by atoms with Crippen LogP contribution in [0.4, 0.5) is 5.69 Å². The van der Waals surface area contributed by atoms with E-state index in [9.17, 15) is 4.79 Å². The number of anilines is 1. The molecule has 0 radical (unpaired) electrons. The highest BCUT2D eigenvalue weighted by atomic mass is 35.5. The smallest absolute Gasteiger partial charge is 0.310 e. The molecule has 4 nitrogen and oxygen atoms in total. The van der Waals surface area contributed by atoms with Gasteiger partial charge in [0.1, 0.15) is 6.07 Å². The van der Waals surface area contributed by atoms with E-state index in [0.29, 0.717) is 22.8 Å². The Morgan fingerprint density at radius 2 is 2.14 bits per heavy atom. The van der Waals surface area contributed by atoms with Crippen LogP contribution < -0.4 is 5.32 Å². The minimum Gasteiger partial charge on any atom is -0.469 e. The Morgan fingerprint density at radius 1 is 1.38 bits per heavy atom. The number of nitrogens with one attached hydrogen (secondary N) is 1. The maximum absolute atomic E-state index is 11.2. The van der Waals surface area contributed by atoms with Crippen molar-refractivity contribution >= 4 is 34.6 Å². The first kappa shape index (κ1) is 15.4. The van der Waals surface area contributed by atoms with Crippen molar-refractivity contribution in [2.75, 3.05) is 12.4 Å². The quantitative estimate of drug-likeness (QED) is 0.855. The number of hydrogen-bond acceptors (Lipinski definition) is 5. The summed E-state index contributed by atoms with van der Waals surface area (Å²) in [5, 5.41) is 12.8. The van der Waals surface area contributed by atoms with Gasteiger partial charge >= 0.3 is 5.97 Å². The molecule has 21 heavy (non-hydrogen) atoms. The number of ether oxygens (including phenoxy) is 1. The molecule has 108 valence electrons. The summed E-state index contributed by atoms with van der Waals surface area (Å²) in [4.78, 5) is 13.2. The topological polar surface area (TPSA) is 62.1 Å². The van der Waals surface area contributed by atoms with Gasteiger partial charge in [-0.05, 0) is 30.3 Å². The minimum atomic E-state index is -0.252. The third-order valence-corrected chi connectivity index (χ3v) is 4.14. The van der Waals surface area contributed by atoms with E-state index in [4.69, 9.17) is 16.9 Å².